The van der Waals surface area contributed by atoms with Crippen LogP contribution >= 0.6 is 30.8 Å². The van der Waals surface area contributed by atoms with Gasteiger partial charge in [0.05, 0.1) is 28.4 Å². The van der Waals surface area contributed by atoms with Crippen molar-refractivity contribution < 1.29 is 13.6 Å². The molecule has 0 atom stereocenters. The molecule has 0 heterocycles. The van der Waals surface area contributed by atoms with Gasteiger partial charge in [0.25, 0.3) is 0 Å². The highest BCUT2D eigenvalue weighted by molar-refractivity contribution is 7.55. The van der Waals surface area contributed by atoms with Crippen molar-refractivity contribution in [3.8, 4) is 0 Å². The van der Waals surface area contributed by atoms with E-state index in [-0.39, 0.29) is 0 Å². The molecule has 1 aromatic carbocycles. The van der Waals surface area contributed by atoms with Crippen molar-refractivity contribution in [3.63, 3.8) is 0 Å². The van der Waals surface area contributed by atoms with Crippen molar-refractivity contribution in [2.75, 3.05) is 13.2 Å². The molecule has 0 spiro atoms. The molecule has 3 nitrogen and oxygen atoms in total. The summed E-state index contributed by atoms with van der Waals surface area (Å²) < 4.78 is 23.9. The third kappa shape index (κ3) is 2.72. The van der Waals surface area contributed by atoms with Gasteiger partial charge in [0.2, 0.25) is 0 Å². The Morgan fingerprint density at radius 2 is 1.74 bits per heavy atom. The maximum Gasteiger partial charge on any atom is 0.341 e. The van der Waals surface area contributed by atoms with E-state index in [0.717, 1.165) is 18.4 Å². The Morgan fingerprint density at radius 3 is 2.16 bits per heavy atom. The standard InChI is InChI=1S/C13H17Cl2O3P/c1-3-17-19(16,18-4-2)13(7-8-13)10-5-6-11(14)12(15)9-10/h5-6,9H,3-4,7-8H2,1-2H3. The fraction of sp³-hybridized carbons (Fsp3) is 0.538. The monoisotopic (exact) mass is 322 g/mol. The second kappa shape index (κ2) is 5.75. The largest absolute Gasteiger partial charge is 0.341 e. The molecule has 0 N–H and O–H groups in total. The second-order valence-electron chi connectivity index (χ2n) is 4.49. The second-order valence-corrected chi connectivity index (χ2v) is 7.68. The lowest BCUT2D eigenvalue weighted by atomic mass is 10.1. The Kier molecular flexibility index (Phi) is 4.64. The van der Waals surface area contributed by atoms with Gasteiger partial charge in [0, 0.05) is 0 Å². The number of hydrogen-bond acceptors (Lipinski definition) is 3. The summed E-state index contributed by atoms with van der Waals surface area (Å²) in [7, 11) is -3.17. The fourth-order valence-electron chi connectivity index (χ4n) is 2.25. The van der Waals surface area contributed by atoms with Crippen molar-refractivity contribution in [1.82, 2.24) is 0 Å². The van der Waals surface area contributed by atoms with E-state index in [1.54, 1.807) is 12.1 Å². The molecule has 1 fully saturated rings. The van der Waals surface area contributed by atoms with Crippen LogP contribution in [0.3, 0.4) is 0 Å². The van der Waals surface area contributed by atoms with Gasteiger partial charge in [-0.15, -0.1) is 0 Å². The third-order valence-electron chi connectivity index (χ3n) is 3.30. The minimum absolute atomic E-state index is 0.361. The van der Waals surface area contributed by atoms with Crippen LogP contribution in [0.2, 0.25) is 10.0 Å². The summed E-state index contributed by atoms with van der Waals surface area (Å²) in [6, 6.07) is 5.34. The van der Waals surface area contributed by atoms with Gasteiger partial charge in [-0.05, 0) is 44.4 Å². The average Bonchev–Trinajstić information content (AvgIpc) is 3.15. The molecule has 0 aliphatic heterocycles. The van der Waals surface area contributed by atoms with E-state index in [4.69, 9.17) is 32.2 Å². The first-order chi connectivity index (χ1) is 8.99. The van der Waals surface area contributed by atoms with Crippen LogP contribution < -0.4 is 0 Å². The van der Waals surface area contributed by atoms with Crippen LogP contribution in [0.25, 0.3) is 0 Å². The number of hydrogen-bond donors (Lipinski definition) is 0. The molecule has 106 valence electrons. The molecule has 1 saturated carbocycles. The molecule has 1 aliphatic carbocycles. The van der Waals surface area contributed by atoms with Crippen molar-refractivity contribution in [2.24, 2.45) is 0 Å². The Balaban J connectivity index is 2.40. The van der Waals surface area contributed by atoms with Crippen LogP contribution in [-0.2, 0) is 18.8 Å². The fourth-order valence-corrected chi connectivity index (χ4v) is 4.91. The van der Waals surface area contributed by atoms with Gasteiger partial charge in [-0.25, -0.2) is 0 Å². The van der Waals surface area contributed by atoms with Gasteiger partial charge in [-0.3, -0.25) is 4.57 Å². The molecular formula is C13H17Cl2O3P. The van der Waals surface area contributed by atoms with Crippen LogP contribution in [0.5, 0.6) is 0 Å². The van der Waals surface area contributed by atoms with E-state index in [0.29, 0.717) is 23.3 Å². The summed E-state index contributed by atoms with van der Waals surface area (Å²) in [6.45, 7) is 4.36. The van der Waals surface area contributed by atoms with Crippen molar-refractivity contribution in [3.05, 3.63) is 33.8 Å². The zero-order valence-electron chi connectivity index (χ0n) is 11.0. The van der Waals surface area contributed by atoms with E-state index in [9.17, 15) is 4.57 Å². The highest BCUT2D eigenvalue weighted by Gasteiger charge is 2.61. The van der Waals surface area contributed by atoms with Crippen LogP contribution in [0.1, 0.15) is 32.3 Å². The van der Waals surface area contributed by atoms with Crippen LogP contribution in [0, 0.1) is 0 Å². The molecule has 19 heavy (non-hydrogen) atoms. The highest BCUT2D eigenvalue weighted by atomic mass is 35.5. The topological polar surface area (TPSA) is 35.5 Å². The van der Waals surface area contributed by atoms with Gasteiger partial charge in [0.1, 0.15) is 0 Å². The SMILES string of the molecule is CCOP(=O)(OCC)C1(c2ccc(Cl)c(Cl)c2)CC1. The smallest absolute Gasteiger partial charge is 0.308 e. The van der Waals surface area contributed by atoms with E-state index in [2.05, 4.69) is 0 Å². The summed E-state index contributed by atoms with van der Waals surface area (Å²) in [5.74, 6) is 0. The predicted molar refractivity (Wildman–Crippen MR) is 78.2 cm³/mol. The van der Waals surface area contributed by atoms with E-state index in [1.165, 1.54) is 0 Å². The zero-order valence-corrected chi connectivity index (χ0v) is 13.4. The van der Waals surface area contributed by atoms with Crippen LogP contribution in [-0.4, -0.2) is 13.2 Å². The first kappa shape index (κ1) is 15.3. The molecule has 0 unspecified atom stereocenters. The minimum Gasteiger partial charge on any atom is -0.308 e. The van der Waals surface area contributed by atoms with Crippen molar-refractivity contribution in [1.29, 1.82) is 0 Å². The summed E-state index contributed by atoms with van der Waals surface area (Å²) in [4.78, 5) is 0. The maximum atomic E-state index is 13.0. The first-order valence-corrected chi connectivity index (χ1v) is 8.63. The van der Waals surface area contributed by atoms with E-state index in [1.807, 2.05) is 19.9 Å². The van der Waals surface area contributed by atoms with Gasteiger partial charge in [-0.1, -0.05) is 29.3 Å². The summed E-state index contributed by atoms with van der Waals surface area (Å²) in [5.41, 5.74) is 0.882. The lowest BCUT2D eigenvalue weighted by molar-refractivity contribution is 0.209. The molecule has 0 bridgehead atoms. The Hall–Kier alpha value is -0.0500. The van der Waals surface area contributed by atoms with Crippen LogP contribution in [0.4, 0.5) is 0 Å². The molecule has 0 aromatic heterocycles. The molecule has 0 amide bonds. The van der Waals surface area contributed by atoms with Gasteiger partial charge in [0.15, 0.2) is 0 Å². The number of benzene rings is 1. The number of halogens is 2. The molecule has 0 saturated heterocycles. The van der Waals surface area contributed by atoms with E-state index < -0.39 is 12.8 Å². The minimum atomic E-state index is -3.17. The number of rotatable bonds is 6. The van der Waals surface area contributed by atoms with E-state index >= 15 is 0 Å². The zero-order chi connectivity index (χ0) is 14.1. The summed E-state index contributed by atoms with van der Waals surface area (Å²) in [6.07, 6.45) is 1.56. The normalized spacial score (nSPS) is 17.5. The molecule has 2 rings (SSSR count). The molecule has 6 heteroatoms. The average molecular weight is 323 g/mol. The lowest BCUT2D eigenvalue weighted by Gasteiger charge is -2.26. The first-order valence-electron chi connectivity index (χ1n) is 6.34. The predicted octanol–water partition coefficient (Wildman–Crippen LogP) is 5.25. The quantitative estimate of drug-likeness (QED) is 0.671. The Labute approximate surface area is 123 Å². The molecule has 1 aliphatic rings. The van der Waals surface area contributed by atoms with Gasteiger partial charge in [-0.2, -0.15) is 0 Å². The molecular weight excluding hydrogens is 306 g/mol. The van der Waals surface area contributed by atoms with Crippen molar-refractivity contribution in [2.45, 2.75) is 31.8 Å². The van der Waals surface area contributed by atoms with Gasteiger partial charge < -0.3 is 9.05 Å². The maximum absolute atomic E-state index is 13.0. The van der Waals surface area contributed by atoms with Gasteiger partial charge >= 0.3 is 7.60 Å². The van der Waals surface area contributed by atoms with Crippen LogP contribution in [0.15, 0.2) is 18.2 Å². The Bertz CT molecular complexity index is 505. The molecule has 1 aromatic rings. The lowest BCUT2D eigenvalue weighted by Crippen LogP contribution is -2.13. The van der Waals surface area contributed by atoms with Crippen molar-refractivity contribution >= 4 is 30.8 Å². The third-order valence-corrected chi connectivity index (χ3v) is 6.99. The summed E-state index contributed by atoms with van der Waals surface area (Å²) >= 11 is 12.0. The summed E-state index contributed by atoms with van der Waals surface area (Å²) in [5, 5.41) is 0.404. The highest BCUT2D eigenvalue weighted by Crippen LogP contribution is 2.76. The molecule has 0 radical (unpaired) electrons. The Morgan fingerprint density at radius 1 is 1.16 bits per heavy atom.